The second-order valence-electron chi connectivity index (χ2n) is 7.60. The summed E-state index contributed by atoms with van der Waals surface area (Å²) in [6.07, 6.45) is 1.34. The molecule has 0 radical (unpaired) electrons. The van der Waals surface area contributed by atoms with Gasteiger partial charge in [-0.3, -0.25) is 4.79 Å². The summed E-state index contributed by atoms with van der Waals surface area (Å²) in [5.41, 5.74) is 3.03. The summed E-state index contributed by atoms with van der Waals surface area (Å²) in [6, 6.07) is 16.0. The first-order valence-corrected chi connectivity index (χ1v) is 12.1. The SMILES string of the molecule is C=C1NC(=O)C(Cc2ccc(OCCc3nc(-c4ccccc4)oc3C)c3ccsc23)S1. The normalized spacial score (nSPS) is 16.0. The molecule has 1 fully saturated rings. The molecule has 5 rings (SSSR count). The molecule has 2 aromatic carbocycles. The molecule has 1 unspecified atom stereocenters. The van der Waals surface area contributed by atoms with E-state index < -0.39 is 0 Å². The molecule has 1 aliphatic rings. The van der Waals surface area contributed by atoms with Crippen molar-refractivity contribution >= 4 is 39.1 Å². The number of aromatic nitrogens is 1. The van der Waals surface area contributed by atoms with Crippen molar-refractivity contribution in [2.24, 2.45) is 0 Å². The summed E-state index contributed by atoms with van der Waals surface area (Å²) >= 11 is 3.18. The molecule has 1 aliphatic heterocycles. The first-order chi connectivity index (χ1) is 15.6. The van der Waals surface area contributed by atoms with Gasteiger partial charge in [-0.05, 0) is 48.6 Å². The summed E-state index contributed by atoms with van der Waals surface area (Å²) in [5.74, 6) is 2.34. The van der Waals surface area contributed by atoms with Gasteiger partial charge in [0, 0.05) is 22.1 Å². The molecule has 3 heterocycles. The number of thiophene rings is 1. The van der Waals surface area contributed by atoms with Crippen LogP contribution in [0.3, 0.4) is 0 Å². The number of aryl methyl sites for hydroxylation is 1. The summed E-state index contributed by atoms with van der Waals surface area (Å²) < 4.78 is 13.2. The maximum atomic E-state index is 12.1. The van der Waals surface area contributed by atoms with Crippen molar-refractivity contribution in [2.75, 3.05) is 6.61 Å². The van der Waals surface area contributed by atoms with E-state index >= 15 is 0 Å². The largest absolute Gasteiger partial charge is 0.493 e. The van der Waals surface area contributed by atoms with Crippen LogP contribution in [0.25, 0.3) is 21.5 Å². The molecule has 0 bridgehead atoms. The van der Waals surface area contributed by atoms with Gasteiger partial charge in [0.15, 0.2) is 0 Å². The fraction of sp³-hybridized carbons (Fsp3) is 0.200. The van der Waals surface area contributed by atoms with Crippen LogP contribution in [0.4, 0.5) is 0 Å². The molecule has 1 amide bonds. The standard InChI is InChI=1S/C25H22N2O3S2/c1-15-20(27-25(30-15)17-6-4-3-5-7-17)10-12-29-21-9-8-18(23-19(21)11-13-31-23)14-22-24(28)26-16(2)32-22/h3-9,11,13,22H,2,10,12,14H2,1H3,(H,26,28). The van der Waals surface area contributed by atoms with E-state index in [1.807, 2.05) is 43.3 Å². The van der Waals surface area contributed by atoms with Crippen molar-refractivity contribution < 1.29 is 13.9 Å². The predicted molar refractivity (Wildman–Crippen MR) is 130 cm³/mol. The molecule has 7 heteroatoms. The fourth-order valence-electron chi connectivity index (χ4n) is 3.81. The zero-order valence-electron chi connectivity index (χ0n) is 17.6. The Morgan fingerprint density at radius 3 is 2.81 bits per heavy atom. The lowest BCUT2D eigenvalue weighted by Gasteiger charge is -2.11. The highest BCUT2D eigenvalue weighted by atomic mass is 32.2. The number of nitrogens with zero attached hydrogens (tertiary/aromatic N) is 1. The lowest BCUT2D eigenvalue weighted by molar-refractivity contribution is -0.119. The zero-order chi connectivity index (χ0) is 22.1. The first-order valence-electron chi connectivity index (χ1n) is 10.4. The Hall–Kier alpha value is -3.03. The van der Waals surface area contributed by atoms with Crippen molar-refractivity contribution in [3.63, 3.8) is 0 Å². The van der Waals surface area contributed by atoms with Gasteiger partial charge in [-0.2, -0.15) is 0 Å². The smallest absolute Gasteiger partial charge is 0.238 e. The van der Waals surface area contributed by atoms with Gasteiger partial charge in [0.2, 0.25) is 11.8 Å². The van der Waals surface area contributed by atoms with Crippen molar-refractivity contribution in [3.05, 3.63) is 82.5 Å². The summed E-state index contributed by atoms with van der Waals surface area (Å²) in [7, 11) is 0. The topological polar surface area (TPSA) is 64.4 Å². The number of carbonyl (C=O) groups excluding carboxylic acids is 1. The number of oxazole rings is 1. The lowest BCUT2D eigenvalue weighted by Crippen LogP contribution is -2.23. The van der Waals surface area contributed by atoms with Gasteiger partial charge in [0.25, 0.3) is 0 Å². The van der Waals surface area contributed by atoms with Crippen LogP contribution in [0.5, 0.6) is 5.75 Å². The number of hydrogen-bond acceptors (Lipinski definition) is 6. The molecule has 2 aromatic heterocycles. The molecule has 4 aromatic rings. The maximum absolute atomic E-state index is 12.1. The van der Waals surface area contributed by atoms with Gasteiger partial charge in [0.05, 0.1) is 22.6 Å². The van der Waals surface area contributed by atoms with Crippen molar-refractivity contribution in [3.8, 4) is 17.2 Å². The monoisotopic (exact) mass is 462 g/mol. The van der Waals surface area contributed by atoms with Crippen molar-refractivity contribution in [1.82, 2.24) is 10.3 Å². The molecular formula is C25H22N2O3S2. The average Bonchev–Trinajstić information content (AvgIpc) is 3.50. The minimum absolute atomic E-state index is 0.0305. The van der Waals surface area contributed by atoms with Gasteiger partial charge in [-0.15, -0.1) is 11.3 Å². The van der Waals surface area contributed by atoms with E-state index in [-0.39, 0.29) is 11.2 Å². The minimum Gasteiger partial charge on any atom is -0.493 e. The summed E-state index contributed by atoms with van der Waals surface area (Å²) in [4.78, 5) is 16.8. The number of fused-ring (bicyclic) bond motifs is 1. The quantitative estimate of drug-likeness (QED) is 0.380. The van der Waals surface area contributed by atoms with Crippen molar-refractivity contribution in [2.45, 2.75) is 25.0 Å². The molecule has 5 nitrogen and oxygen atoms in total. The van der Waals surface area contributed by atoms with Crippen LogP contribution in [-0.4, -0.2) is 22.7 Å². The van der Waals surface area contributed by atoms with Crippen LogP contribution in [0.15, 0.2) is 69.9 Å². The van der Waals surface area contributed by atoms with Gasteiger partial charge < -0.3 is 14.5 Å². The number of ether oxygens (including phenoxy) is 1. The molecule has 0 aliphatic carbocycles. The number of amides is 1. The number of hydrogen-bond donors (Lipinski definition) is 1. The van der Waals surface area contributed by atoms with Crippen LogP contribution in [0, 0.1) is 6.92 Å². The van der Waals surface area contributed by atoms with E-state index in [9.17, 15) is 4.79 Å². The van der Waals surface area contributed by atoms with Gasteiger partial charge in [-0.1, -0.05) is 42.6 Å². The second-order valence-corrected chi connectivity index (χ2v) is 9.81. The third kappa shape index (κ3) is 4.18. The third-order valence-electron chi connectivity index (χ3n) is 5.41. The Bertz CT molecular complexity index is 1290. The van der Waals surface area contributed by atoms with Crippen LogP contribution in [0.1, 0.15) is 17.0 Å². The van der Waals surface area contributed by atoms with E-state index in [0.29, 0.717) is 25.3 Å². The third-order valence-corrected chi connectivity index (χ3v) is 7.45. The molecule has 1 N–H and O–H groups in total. The second kappa shape index (κ2) is 8.84. The van der Waals surface area contributed by atoms with Crippen LogP contribution < -0.4 is 10.1 Å². The molecule has 1 saturated heterocycles. The first kappa shape index (κ1) is 20.8. The average molecular weight is 463 g/mol. The Labute approximate surface area is 194 Å². The number of thioether (sulfide) groups is 1. The number of rotatable bonds is 7. The predicted octanol–water partition coefficient (Wildman–Crippen LogP) is 5.73. The fourth-order valence-corrected chi connectivity index (χ4v) is 5.68. The molecule has 0 spiro atoms. The van der Waals surface area contributed by atoms with E-state index in [4.69, 9.17) is 9.15 Å². The molecule has 1 atom stereocenters. The summed E-state index contributed by atoms with van der Waals surface area (Å²) in [6.45, 7) is 6.29. The number of nitrogens with one attached hydrogen (secondary N) is 1. The Kier molecular flexibility index (Phi) is 5.76. The zero-order valence-corrected chi connectivity index (χ0v) is 19.2. The van der Waals surface area contributed by atoms with E-state index in [1.54, 1.807) is 11.3 Å². The highest BCUT2D eigenvalue weighted by molar-refractivity contribution is 8.04. The highest BCUT2D eigenvalue weighted by Crippen LogP contribution is 2.36. The molecular weight excluding hydrogens is 440 g/mol. The lowest BCUT2D eigenvalue weighted by atomic mass is 10.1. The molecule has 162 valence electrons. The maximum Gasteiger partial charge on any atom is 0.238 e. The van der Waals surface area contributed by atoms with Crippen LogP contribution >= 0.6 is 23.1 Å². The van der Waals surface area contributed by atoms with E-state index in [1.165, 1.54) is 11.8 Å². The van der Waals surface area contributed by atoms with Crippen LogP contribution in [0.2, 0.25) is 0 Å². The van der Waals surface area contributed by atoms with E-state index in [2.05, 4.69) is 34.4 Å². The Morgan fingerprint density at radius 2 is 2.03 bits per heavy atom. The van der Waals surface area contributed by atoms with E-state index in [0.717, 1.165) is 43.4 Å². The van der Waals surface area contributed by atoms with Gasteiger partial charge >= 0.3 is 0 Å². The number of carbonyl (C=O) groups is 1. The number of benzene rings is 2. The van der Waals surface area contributed by atoms with Gasteiger partial charge in [-0.25, -0.2) is 4.98 Å². The molecule has 32 heavy (non-hydrogen) atoms. The summed E-state index contributed by atoms with van der Waals surface area (Å²) in [5, 5.41) is 6.53. The highest BCUT2D eigenvalue weighted by Gasteiger charge is 2.28. The van der Waals surface area contributed by atoms with Crippen LogP contribution in [-0.2, 0) is 17.6 Å². The molecule has 0 saturated carbocycles. The van der Waals surface area contributed by atoms with Crippen molar-refractivity contribution in [1.29, 1.82) is 0 Å². The van der Waals surface area contributed by atoms with Gasteiger partial charge in [0.1, 0.15) is 11.5 Å². The Morgan fingerprint density at radius 1 is 1.19 bits per heavy atom. The minimum atomic E-state index is -0.131. The Balaban J connectivity index is 1.28.